The molecule has 0 saturated carbocycles. The van der Waals surface area contributed by atoms with Crippen molar-refractivity contribution in [3.63, 3.8) is 0 Å². The van der Waals surface area contributed by atoms with Crippen LogP contribution in [0.3, 0.4) is 0 Å². The zero-order valence-electron chi connectivity index (χ0n) is 14.7. The zero-order valence-corrected chi connectivity index (χ0v) is 14.7. The molecule has 3 aromatic carbocycles. The van der Waals surface area contributed by atoms with E-state index in [-0.39, 0.29) is 18.0 Å². The fourth-order valence-corrected chi connectivity index (χ4v) is 3.08. The van der Waals surface area contributed by atoms with Crippen molar-refractivity contribution < 1.29 is 13.6 Å². The maximum Gasteiger partial charge on any atom is 0.251 e. The molecule has 1 N–H and O–H groups in total. The summed E-state index contributed by atoms with van der Waals surface area (Å²) in [6, 6.07) is 16.2. The molecular weight excluding hydrogens is 334 g/mol. The highest BCUT2D eigenvalue weighted by Gasteiger charge is 2.23. The lowest BCUT2D eigenvalue weighted by atomic mass is 10.0. The van der Waals surface area contributed by atoms with Crippen molar-refractivity contribution in [1.82, 2.24) is 10.2 Å². The molecule has 0 fully saturated rings. The van der Waals surface area contributed by atoms with Gasteiger partial charge in [0.1, 0.15) is 11.6 Å². The summed E-state index contributed by atoms with van der Waals surface area (Å²) in [6.45, 7) is 0.0902. The number of carbonyl (C=O) groups excluding carboxylic acids is 1. The van der Waals surface area contributed by atoms with Crippen molar-refractivity contribution in [2.75, 3.05) is 20.6 Å². The van der Waals surface area contributed by atoms with Crippen LogP contribution in [0.4, 0.5) is 8.78 Å². The van der Waals surface area contributed by atoms with Crippen molar-refractivity contribution in [3.8, 4) is 0 Å². The Morgan fingerprint density at radius 3 is 2.27 bits per heavy atom. The van der Waals surface area contributed by atoms with E-state index in [0.29, 0.717) is 5.56 Å². The molecular formula is C21H20F2N2O. The minimum atomic E-state index is -0.622. The van der Waals surface area contributed by atoms with E-state index in [9.17, 15) is 13.6 Å². The van der Waals surface area contributed by atoms with Gasteiger partial charge in [-0.15, -0.1) is 0 Å². The molecule has 5 heteroatoms. The van der Waals surface area contributed by atoms with Crippen LogP contribution in [0.2, 0.25) is 0 Å². The molecule has 3 nitrogen and oxygen atoms in total. The Morgan fingerprint density at radius 1 is 0.962 bits per heavy atom. The monoisotopic (exact) mass is 354 g/mol. The number of carbonyl (C=O) groups is 1. The largest absolute Gasteiger partial charge is 0.350 e. The van der Waals surface area contributed by atoms with Gasteiger partial charge in [-0.2, -0.15) is 0 Å². The number of halogens is 2. The molecule has 0 aliphatic carbocycles. The van der Waals surface area contributed by atoms with Gasteiger partial charge < -0.3 is 10.2 Å². The molecule has 0 aliphatic heterocycles. The Hall–Kier alpha value is -2.79. The Morgan fingerprint density at radius 2 is 1.58 bits per heavy atom. The second-order valence-electron chi connectivity index (χ2n) is 6.35. The number of nitrogens with zero attached hydrogens (tertiary/aromatic N) is 1. The molecule has 1 unspecified atom stereocenters. The Balaban J connectivity index is 1.85. The van der Waals surface area contributed by atoms with Gasteiger partial charge in [0.15, 0.2) is 0 Å². The van der Waals surface area contributed by atoms with Crippen molar-refractivity contribution in [2.45, 2.75) is 6.04 Å². The highest BCUT2D eigenvalue weighted by Crippen LogP contribution is 2.24. The third-order valence-electron chi connectivity index (χ3n) is 4.45. The van der Waals surface area contributed by atoms with Crippen LogP contribution in [0, 0.1) is 11.6 Å². The highest BCUT2D eigenvalue weighted by atomic mass is 19.1. The van der Waals surface area contributed by atoms with E-state index in [1.807, 2.05) is 36.4 Å². The number of hydrogen-bond acceptors (Lipinski definition) is 2. The SMILES string of the molecule is CN(C)C(CNC(=O)c1cccc2ccccc12)c1c(F)cccc1F. The minimum Gasteiger partial charge on any atom is -0.350 e. The predicted octanol–water partition coefficient (Wildman–Crippen LogP) is 4.15. The molecule has 0 radical (unpaired) electrons. The molecule has 1 amide bonds. The number of benzene rings is 3. The molecule has 3 aromatic rings. The van der Waals surface area contributed by atoms with E-state index in [2.05, 4.69) is 5.32 Å². The van der Waals surface area contributed by atoms with E-state index in [0.717, 1.165) is 10.8 Å². The summed E-state index contributed by atoms with van der Waals surface area (Å²) < 4.78 is 28.3. The number of amides is 1. The molecule has 0 saturated heterocycles. The number of likely N-dealkylation sites (N-methyl/N-ethyl adjacent to an activating group) is 1. The standard InChI is InChI=1S/C21H20F2N2O/c1-25(2)19(20-17(22)11-6-12-18(20)23)13-24-21(26)16-10-5-8-14-7-3-4-9-15(14)16/h3-12,19H,13H2,1-2H3,(H,24,26). The van der Waals surface area contributed by atoms with Crippen LogP contribution < -0.4 is 5.32 Å². The average Bonchev–Trinajstić information content (AvgIpc) is 2.63. The first-order chi connectivity index (χ1) is 12.5. The molecule has 134 valence electrons. The summed E-state index contributed by atoms with van der Waals surface area (Å²) in [5.74, 6) is -1.52. The molecule has 1 atom stereocenters. The maximum atomic E-state index is 14.1. The lowest BCUT2D eigenvalue weighted by Crippen LogP contribution is -2.35. The van der Waals surface area contributed by atoms with Crippen LogP contribution in [0.5, 0.6) is 0 Å². The second-order valence-corrected chi connectivity index (χ2v) is 6.35. The van der Waals surface area contributed by atoms with E-state index in [4.69, 9.17) is 0 Å². The Kier molecular flexibility index (Phi) is 5.28. The van der Waals surface area contributed by atoms with Gasteiger partial charge in [0.05, 0.1) is 6.04 Å². The quantitative estimate of drug-likeness (QED) is 0.746. The van der Waals surface area contributed by atoms with Gasteiger partial charge >= 0.3 is 0 Å². The normalized spacial score (nSPS) is 12.3. The van der Waals surface area contributed by atoms with Gasteiger partial charge in [0.25, 0.3) is 5.91 Å². The molecule has 0 heterocycles. The van der Waals surface area contributed by atoms with Crippen molar-refractivity contribution in [1.29, 1.82) is 0 Å². The second kappa shape index (κ2) is 7.62. The van der Waals surface area contributed by atoms with Gasteiger partial charge in [-0.1, -0.05) is 42.5 Å². The smallest absolute Gasteiger partial charge is 0.251 e. The van der Waals surface area contributed by atoms with Crippen molar-refractivity contribution >= 4 is 16.7 Å². The number of hydrogen-bond donors (Lipinski definition) is 1. The van der Waals surface area contributed by atoms with E-state index in [1.54, 1.807) is 25.1 Å². The summed E-state index contributed by atoms with van der Waals surface area (Å²) in [7, 11) is 3.45. The van der Waals surface area contributed by atoms with E-state index < -0.39 is 17.7 Å². The lowest BCUT2D eigenvalue weighted by Gasteiger charge is -2.26. The topological polar surface area (TPSA) is 32.3 Å². The molecule has 3 rings (SSSR count). The number of nitrogens with one attached hydrogen (secondary N) is 1. The summed E-state index contributed by atoms with van der Waals surface area (Å²) in [5.41, 5.74) is 0.491. The Labute approximate surface area is 151 Å². The minimum absolute atomic E-state index is 0.0456. The van der Waals surface area contributed by atoms with Gasteiger partial charge in [-0.3, -0.25) is 4.79 Å². The van der Waals surface area contributed by atoms with Gasteiger partial charge in [0, 0.05) is 17.7 Å². The first-order valence-corrected chi connectivity index (χ1v) is 8.35. The first-order valence-electron chi connectivity index (χ1n) is 8.35. The van der Waals surface area contributed by atoms with Crippen molar-refractivity contribution in [2.24, 2.45) is 0 Å². The molecule has 0 aromatic heterocycles. The summed E-state index contributed by atoms with van der Waals surface area (Å²) in [5, 5.41) is 4.61. The third-order valence-corrected chi connectivity index (χ3v) is 4.45. The molecule has 0 spiro atoms. The summed E-state index contributed by atoms with van der Waals surface area (Å²) >= 11 is 0. The van der Waals surface area contributed by atoms with E-state index >= 15 is 0 Å². The van der Waals surface area contributed by atoms with Crippen molar-refractivity contribution in [3.05, 3.63) is 83.4 Å². The summed E-state index contributed by atoms with van der Waals surface area (Å²) in [6.07, 6.45) is 0. The van der Waals surface area contributed by atoms with Gasteiger partial charge in [-0.05, 0) is 43.1 Å². The fraction of sp³-hybridized carbons (Fsp3) is 0.190. The van der Waals surface area contributed by atoms with Crippen LogP contribution in [0.15, 0.2) is 60.7 Å². The van der Waals surface area contributed by atoms with Gasteiger partial charge in [0.2, 0.25) is 0 Å². The van der Waals surface area contributed by atoms with Crippen LogP contribution >= 0.6 is 0 Å². The number of rotatable bonds is 5. The van der Waals surface area contributed by atoms with Gasteiger partial charge in [-0.25, -0.2) is 8.78 Å². The van der Waals surface area contributed by atoms with Crippen LogP contribution in [-0.4, -0.2) is 31.4 Å². The maximum absolute atomic E-state index is 14.1. The first kappa shape index (κ1) is 18.0. The third kappa shape index (κ3) is 3.58. The highest BCUT2D eigenvalue weighted by molar-refractivity contribution is 6.07. The molecule has 0 bridgehead atoms. The molecule has 0 aliphatic rings. The Bertz CT molecular complexity index is 915. The van der Waals surface area contributed by atoms with E-state index in [1.165, 1.54) is 18.2 Å². The average molecular weight is 354 g/mol. The predicted molar refractivity (Wildman–Crippen MR) is 99.1 cm³/mol. The lowest BCUT2D eigenvalue weighted by molar-refractivity contribution is 0.0942. The molecule has 26 heavy (non-hydrogen) atoms. The zero-order chi connectivity index (χ0) is 18.7. The van der Waals surface area contributed by atoms with Crippen LogP contribution in [0.1, 0.15) is 22.0 Å². The fourth-order valence-electron chi connectivity index (χ4n) is 3.08. The van der Waals surface area contributed by atoms with Crippen LogP contribution in [-0.2, 0) is 0 Å². The van der Waals surface area contributed by atoms with Crippen LogP contribution in [0.25, 0.3) is 10.8 Å². The number of fused-ring (bicyclic) bond motifs is 1. The summed E-state index contributed by atoms with van der Waals surface area (Å²) in [4.78, 5) is 14.4.